The summed E-state index contributed by atoms with van der Waals surface area (Å²) in [4.78, 5) is 0. The zero-order valence-electron chi connectivity index (χ0n) is 14.2. The molecule has 1 aromatic carbocycles. The topological polar surface area (TPSA) is 27.7 Å². The summed E-state index contributed by atoms with van der Waals surface area (Å²) in [6.07, 6.45) is 0.0615. The van der Waals surface area contributed by atoms with E-state index < -0.39 is 17.8 Å². The van der Waals surface area contributed by atoms with Crippen molar-refractivity contribution in [2.24, 2.45) is 0 Å². The highest BCUT2D eigenvalue weighted by atomic mass is 19.3. The Balaban J connectivity index is 2.08. The van der Waals surface area contributed by atoms with E-state index >= 15 is 0 Å². The van der Waals surface area contributed by atoms with E-state index in [0.717, 1.165) is 12.8 Å². The number of halogens is 3. The summed E-state index contributed by atoms with van der Waals surface area (Å²) in [6, 6.07) is 2.95. The third-order valence-electron chi connectivity index (χ3n) is 4.17. The number of unbranched alkanes of at least 4 members (excludes halogenated alkanes) is 1. The molecule has 3 nitrogen and oxygen atoms in total. The van der Waals surface area contributed by atoms with E-state index in [1.807, 2.05) is 0 Å². The highest BCUT2D eigenvalue weighted by Crippen LogP contribution is 2.38. The van der Waals surface area contributed by atoms with Crippen LogP contribution in [0.15, 0.2) is 12.1 Å². The van der Waals surface area contributed by atoms with Gasteiger partial charge in [-0.25, -0.2) is 13.2 Å². The van der Waals surface area contributed by atoms with Gasteiger partial charge in [-0.05, 0) is 37.8 Å². The first kappa shape index (κ1) is 19.1. The van der Waals surface area contributed by atoms with Crippen molar-refractivity contribution in [2.75, 3.05) is 19.8 Å². The monoisotopic (exact) mass is 346 g/mol. The average Bonchev–Trinajstić information content (AvgIpc) is 2.57. The number of ether oxygens (including phenoxy) is 3. The van der Waals surface area contributed by atoms with E-state index in [1.54, 1.807) is 6.92 Å². The Morgan fingerprint density at radius 1 is 1.25 bits per heavy atom. The summed E-state index contributed by atoms with van der Waals surface area (Å²) in [5, 5.41) is 0. The maximum atomic E-state index is 14.3. The molecule has 0 spiro atoms. The lowest BCUT2D eigenvalue weighted by molar-refractivity contribution is -0.167. The predicted octanol–water partition coefficient (Wildman–Crippen LogP) is 5.20. The molecule has 1 saturated heterocycles. The molecular formula is C18H25F3O3. The summed E-state index contributed by atoms with van der Waals surface area (Å²) in [5.41, 5.74) is -0.266. The number of hydrogen-bond acceptors (Lipinski definition) is 3. The fourth-order valence-electron chi connectivity index (χ4n) is 2.90. The van der Waals surface area contributed by atoms with E-state index in [2.05, 4.69) is 6.92 Å². The van der Waals surface area contributed by atoms with E-state index in [0.29, 0.717) is 25.0 Å². The zero-order chi connectivity index (χ0) is 17.5. The third-order valence-corrected chi connectivity index (χ3v) is 4.17. The van der Waals surface area contributed by atoms with Gasteiger partial charge in [0.1, 0.15) is 0 Å². The Bertz CT molecular complexity index is 514. The minimum atomic E-state index is -2.89. The van der Waals surface area contributed by atoms with Gasteiger partial charge in [-0.3, -0.25) is 0 Å². The molecule has 6 heteroatoms. The van der Waals surface area contributed by atoms with Gasteiger partial charge in [0.05, 0.1) is 18.8 Å². The summed E-state index contributed by atoms with van der Waals surface area (Å²) in [7, 11) is 0. The van der Waals surface area contributed by atoms with Gasteiger partial charge in [-0.1, -0.05) is 19.4 Å². The first-order valence-corrected chi connectivity index (χ1v) is 8.54. The van der Waals surface area contributed by atoms with Gasteiger partial charge in [0, 0.05) is 12.5 Å². The van der Waals surface area contributed by atoms with E-state index in [9.17, 15) is 13.2 Å². The number of alkyl halides is 2. The minimum absolute atomic E-state index is 0.131. The van der Waals surface area contributed by atoms with Gasteiger partial charge in [0.2, 0.25) is 0 Å². The quantitative estimate of drug-likeness (QED) is 0.606. The smallest absolute Gasteiger partial charge is 0.267 e. The average molecular weight is 346 g/mol. The molecule has 1 aliphatic rings. The van der Waals surface area contributed by atoms with Gasteiger partial charge >= 0.3 is 0 Å². The molecule has 1 aliphatic heterocycles. The van der Waals surface area contributed by atoms with Gasteiger partial charge in [-0.2, -0.15) is 0 Å². The summed E-state index contributed by atoms with van der Waals surface area (Å²) in [5.74, 6) is -1.36. The molecule has 0 N–H and O–H groups in total. The molecule has 1 aromatic rings. The Kier molecular flexibility index (Phi) is 7.37. The molecule has 2 atom stereocenters. The molecule has 0 aromatic heterocycles. The zero-order valence-corrected chi connectivity index (χ0v) is 14.2. The summed E-state index contributed by atoms with van der Waals surface area (Å²) < 4.78 is 57.4. The Hall–Kier alpha value is -1.27. The van der Waals surface area contributed by atoms with Crippen LogP contribution in [-0.4, -0.2) is 26.1 Å². The van der Waals surface area contributed by atoms with Crippen molar-refractivity contribution >= 4 is 0 Å². The van der Waals surface area contributed by atoms with Gasteiger partial charge in [-0.15, -0.1) is 0 Å². The first-order chi connectivity index (χ1) is 11.6. The van der Waals surface area contributed by atoms with Crippen molar-refractivity contribution in [1.82, 2.24) is 0 Å². The van der Waals surface area contributed by atoms with Crippen LogP contribution in [0.2, 0.25) is 0 Å². The lowest BCUT2D eigenvalue weighted by Crippen LogP contribution is -2.28. The largest absolute Gasteiger partial charge is 0.491 e. The summed E-state index contributed by atoms with van der Waals surface area (Å²) >= 11 is 0. The number of benzene rings is 1. The summed E-state index contributed by atoms with van der Waals surface area (Å²) in [6.45, 7) is 4.87. The third kappa shape index (κ3) is 4.63. The van der Waals surface area contributed by atoms with Crippen LogP contribution in [0.25, 0.3) is 0 Å². The highest BCUT2D eigenvalue weighted by Gasteiger charge is 2.30. The van der Waals surface area contributed by atoms with Crippen LogP contribution in [0, 0.1) is 5.82 Å². The van der Waals surface area contributed by atoms with Crippen LogP contribution in [0.1, 0.15) is 63.0 Å². The van der Waals surface area contributed by atoms with Gasteiger partial charge in [0.15, 0.2) is 17.9 Å². The van der Waals surface area contributed by atoms with Crippen LogP contribution >= 0.6 is 0 Å². The molecule has 0 aliphatic carbocycles. The van der Waals surface area contributed by atoms with Crippen molar-refractivity contribution in [3.63, 3.8) is 0 Å². The van der Waals surface area contributed by atoms with E-state index in [4.69, 9.17) is 14.2 Å². The second-order valence-electron chi connectivity index (χ2n) is 5.88. The van der Waals surface area contributed by atoms with Crippen LogP contribution < -0.4 is 4.74 Å². The molecule has 136 valence electrons. The fraction of sp³-hybridized carbons (Fsp3) is 0.667. The first-order valence-electron chi connectivity index (χ1n) is 8.54. The lowest BCUT2D eigenvalue weighted by atomic mass is 9.89. The molecule has 2 unspecified atom stereocenters. The second-order valence-corrected chi connectivity index (χ2v) is 5.88. The van der Waals surface area contributed by atoms with Crippen molar-refractivity contribution in [3.05, 3.63) is 29.1 Å². The highest BCUT2D eigenvalue weighted by molar-refractivity contribution is 5.40. The van der Waals surface area contributed by atoms with Crippen LogP contribution in [0.3, 0.4) is 0 Å². The molecular weight excluding hydrogens is 321 g/mol. The molecule has 0 radical (unpaired) electrons. The van der Waals surface area contributed by atoms with Crippen molar-refractivity contribution in [2.45, 2.75) is 58.2 Å². The predicted molar refractivity (Wildman–Crippen MR) is 85.1 cm³/mol. The van der Waals surface area contributed by atoms with Crippen molar-refractivity contribution in [3.8, 4) is 5.75 Å². The second kappa shape index (κ2) is 9.28. The van der Waals surface area contributed by atoms with Crippen LogP contribution in [0.4, 0.5) is 13.2 Å². The van der Waals surface area contributed by atoms with Crippen LogP contribution in [0.5, 0.6) is 5.75 Å². The number of hydrogen-bond donors (Lipinski definition) is 0. The molecule has 1 heterocycles. The molecule has 0 saturated carbocycles. The Morgan fingerprint density at radius 3 is 2.62 bits per heavy atom. The van der Waals surface area contributed by atoms with E-state index in [-0.39, 0.29) is 31.2 Å². The standard InChI is InChI=1S/C18H25F3O3/c1-3-5-10-23-15-9-6-12(11-24-15)13-7-8-14(22-4-2)17(19)16(13)18(20)21/h7-8,12,15,18H,3-6,9-11H2,1-2H3. The maximum absolute atomic E-state index is 14.3. The SMILES string of the molecule is CCCCOC1CCC(c2ccc(OCC)c(F)c2C(F)F)CO1. The Labute approximate surface area is 141 Å². The van der Waals surface area contributed by atoms with Crippen molar-refractivity contribution in [1.29, 1.82) is 0 Å². The number of rotatable bonds is 8. The Morgan fingerprint density at radius 2 is 2.04 bits per heavy atom. The normalized spacial score (nSPS) is 21.2. The fourth-order valence-corrected chi connectivity index (χ4v) is 2.90. The molecule has 24 heavy (non-hydrogen) atoms. The lowest BCUT2D eigenvalue weighted by Gasteiger charge is -2.30. The van der Waals surface area contributed by atoms with Crippen LogP contribution in [-0.2, 0) is 9.47 Å². The van der Waals surface area contributed by atoms with E-state index in [1.165, 1.54) is 12.1 Å². The molecule has 2 rings (SSSR count). The molecule has 0 bridgehead atoms. The van der Waals surface area contributed by atoms with Gasteiger partial charge < -0.3 is 14.2 Å². The maximum Gasteiger partial charge on any atom is 0.267 e. The minimum Gasteiger partial charge on any atom is -0.491 e. The van der Waals surface area contributed by atoms with Gasteiger partial charge in [0.25, 0.3) is 6.43 Å². The van der Waals surface area contributed by atoms with Crippen molar-refractivity contribution < 1.29 is 27.4 Å². The molecule has 1 fully saturated rings. The molecule has 0 amide bonds.